The maximum absolute atomic E-state index is 12.3. The second kappa shape index (κ2) is 5.81. The van der Waals surface area contributed by atoms with Crippen LogP contribution in [0.5, 0.6) is 0 Å². The minimum absolute atomic E-state index is 0.182. The van der Waals surface area contributed by atoms with Crippen molar-refractivity contribution < 1.29 is 14.7 Å². The summed E-state index contributed by atoms with van der Waals surface area (Å²) in [6, 6.07) is 11.9. The van der Waals surface area contributed by atoms with Crippen molar-refractivity contribution in [3.05, 3.63) is 69.7 Å². The molecule has 5 heteroatoms. The standard InChI is InChI=1S/C17H14ClNO3/c18-14-7-2-1-4-13(14)16(20)19-15-9-8-10-11(15)5-3-6-12(10)17(21)22/h1-7,15H,8-9H2,(H,19,20)(H,21,22)/t15-/m1/s1. The van der Waals surface area contributed by atoms with Crippen LogP contribution in [0.2, 0.25) is 5.02 Å². The molecule has 0 aliphatic heterocycles. The molecule has 3 rings (SSSR count). The molecular formula is C17H14ClNO3. The quantitative estimate of drug-likeness (QED) is 0.911. The number of benzene rings is 2. The van der Waals surface area contributed by atoms with Crippen LogP contribution in [-0.4, -0.2) is 17.0 Å². The van der Waals surface area contributed by atoms with Gasteiger partial charge in [-0.3, -0.25) is 4.79 Å². The Morgan fingerprint density at radius 3 is 2.55 bits per heavy atom. The van der Waals surface area contributed by atoms with Gasteiger partial charge in [0.25, 0.3) is 5.91 Å². The average Bonchev–Trinajstić information content (AvgIpc) is 2.90. The fourth-order valence-corrected chi connectivity index (χ4v) is 3.11. The molecule has 112 valence electrons. The highest BCUT2D eigenvalue weighted by atomic mass is 35.5. The Morgan fingerprint density at radius 2 is 1.82 bits per heavy atom. The minimum atomic E-state index is -0.935. The Labute approximate surface area is 132 Å². The van der Waals surface area contributed by atoms with Gasteiger partial charge in [-0.2, -0.15) is 0 Å². The molecule has 0 heterocycles. The lowest BCUT2D eigenvalue weighted by molar-refractivity contribution is 0.0695. The van der Waals surface area contributed by atoms with Crippen LogP contribution in [0.3, 0.4) is 0 Å². The summed E-state index contributed by atoms with van der Waals surface area (Å²) < 4.78 is 0. The van der Waals surface area contributed by atoms with Crippen molar-refractivity contribution in [3.8, 4) is 0 Å². The lowest BCUT2D eigenvalue weighted by Gasteiger charge is -2.15. The van der Waals surface area contributed by atoms with Crippen LogP contribution in [0.4, 0.5) is 0 Å². The fourth-order valence-electron chi connectivity index (χ4n) is 2.89. The Balaban J connectivity index is 1.86. The van der Waals surface area contributed by atoms with Gasteiger partial charge >= 0.3 is 5.97 Å². The predicted molar refractivity (Wildman–Crippen MR) is 83.4 cm³/mol. The fraction of sp³-hybridized carbons (Fsp3) is 0.176. The molecular weight excluding hydrogens is 302 g/mol. The lowest BCUT2D eigenvalue weighted by Crippen LogP contribution is -2.27. The van der Waals surface area contributed by atoms with Crippen LogP contribution in [0.1, 0.15) is 44.3 Å². The number of carbonyl (C=O) groups excluding carboxylic acids is 1. The number of rotatable bonds is 3. The Kier molecular flexibility index (Phi) is 3.86. The molecule has 0 radical (unpaired) electrons. The molecule has 1 amide bonds. The minimum Gasteiger partial charge on any atom is -0.478 e. The van der Waals surface area contributed by atoms with E-state index < -0.39 is 5.97 Å². The number of carbonyl (C=O) groups is 2. The van der Waals surface area contributed by atoms with Crippen LogP contribution < -0.4 is 5.32 Å². The first kappa shape index (κ1) is 14.6. The van der Waals surface area contributed by atoms with Crippen molar-refractivity contribution in [3.63, 3.8) is 0 Å². The molecule has 0 saturated carbocycles. The van der Waals surface area contributed by atoms with E-state index in [1.807, 2.05) is 6.07 Å². The summed E-state index contributed by atoms with van der Waals surface area (Å²) in [6.45, 7) is 0. The third-order valence-corrected chi connectivity index (χ3v) is 4.25. The Hall–Kier alpha value is -2.33. The van der Waals surface area contributed by atoms with E-state index in [-0.39, 0.29) is 11.9 Å². The molecule has 0 unspecified atom stereocenters. The molecule has 0 bridgehead atoms. The van der Waals surface area contributed by atoms with E-state index in [2.05, 4.69) is 5.32 Å². The first-order chi connectivity index (χ1) is 10.6. The van der Waals surface area contributed by atoms with Crippen LogP contribution >= 0.6 is 11.6 Å². The normalized spacial score (nSPS) is 16.1. The van der Waals surface area contributed by atoms with E-state index in [9.17, 15) is 14.7 Å². The molecule has 0 fully saturated rings. The number of halogens is 1. The van der Waals surface area contributed by atoms with Gasteiger partial charge in [0.05, 0.1) is 22.2 Å². The van der Waals surface area contributed by atoms with E-state index in [0.717, 1.165) is 11.1 Å². The number of aromatic carboxylic acids is 1. The van der Waals surface area contributed by atoms with Crippen LogP contribution in [0, 0.1) is 0 Å². The summed E-state index contributed by atoms with van der Waals surface area (Å²) in [5.74, 6) is -1.18. The number of fused-ring (bicyclic) bond motifs is 1. The summed E-state index contributed by atoms with van der Waals surface area (Å²) in [4.78, 5) is 23.6. The highest BCUT2D eigenvalue weighted by Crippen LogP contribution is 2.33. The van der Waals surface area contributed by atoms with E-state index >= 15 is 0 Å². The van der Waals surface area contributed by atoms with Gasteiger partial charge in [-0.15, -0.1) is 0 Å². The van der Waals surface area contributed by atoms with Gasteiger partial charge in [0.1, 0.15) is 0 Å². The maximum atomic E-state index is 12.3. The molecule has 1 aliphatic carbocycles. The molecule has 1 atom stereocenters. The molecule has 2 aromatic rings. The summed E-state index contributed by atoms with van der Waals surface area (Å²) >= 11 is 6.03. The van der Waals surface area contributed by atoms with Crippen LogP contribution in [-0.2, 0) is 6.42 Å². The van der Waals surface area contributed by atoms with Gasteiger partial charge in [-0.05, 0) is 42.2 Å². The summed E-state index contributed by atoms with van der Waals surface area (Å²) in [5.41, 5.74) is 2.42. The van der Waals surface area contributed by atoms with E-state index in [4.69, 9.17) is 11.6 Å². The molecule has 2 N–H and O–H groups in total. The van der Waals surface area contributed by atoms with Crippen molar-refractivity contribution >= 4 is 23.5 Å². The number of carboxylic acid groups (broad SMARTS) is 1. The van der Waals surface area contributed by atoms with E-state index in [0.29, 0.717) is 29.0 Å². The zero-order valence-electron chi connectivity index (χ0n) is 11.7. The number of nitrogens with one attached hydrogen (secondary N) is 1. The monoisotopic (exact) mass is 315 g/mol. The van der Waals surface area contributed by atoms with Gasteiger partial charge in [0.2, 0.25) is 0 Å². The van der Waals surface area contributed by atoms with E-state index in [1.165, 1.54) is 0 Å². The molecule has 0 saturated heterocycles. The van der Waals surface area contributed by atoms with Crippen molar-refractivity contribution in [2.45, 2.75) is 18.9 Å². The zero-order chi connectivity index (χ0) is 15.7. The van der Waals surface area contributed by atoms with Crippen molar-refractivity contribution in [2.24, 2.45) is 0 Å². The first-order valence-electron chi connectivity index (χ1n) is 6.98. The largest absolute Gasteiger partial charge is 0.478 e. The number of hydrogen-bond donors (Lipinski definition) is 2. The van der Waals surface area contributed by atoms with Crippen molar-refractivity contribution in [2.75, 3.05) is 0 Å². The zero-order valence-corrected chi connectivity index (χ0v) is 12.4. The van der Waals surface area contributed by atoms with Crippen molar-refractivity contribution in [1.29, 1.82) is 0 Å². The summed E-state index contributed by atoms with van der Waals surface area (Å²) in [7, 11) is 0. The summed E-state index contributed by atoms with van der Waals surface area (Å²) in [5, 5.41) is 12.6. The highest BCUT2D eigenvalue weighted by Gasteiger charge is 2.28. The highest BCUT2D eigenvalue weighted by molar-refractivity contribution is 6.33. The number of carboxylic acids is 1. The van der Waals surface area contributed by atoms with Crippen LogP contribution in [0.25, 0.3) is 0 Å². The number of amides is 1. The Bertz CT molecular complexity index is 757. The molecule has 0 aromatic heterocycles. The first-order valence-corrected chi connectivity index (χ1v) is 7.36. The van der Waals surface area contributed by atoms with Gasteiger partial charge in [-0.1, -0.05) is 35.9 Å². The smallest absolute Gasteiger partial charge is 0.335 e. The predicted octanol–water partition coefficient (Wildman–Crippen LogP) is 3.46. The van der Waals surface area contributed by atoms with Crippen molar-refractivity contribution in [1.82, 2.24) is 5.32 Å². The molecule has 22 heavy (non-hydrogen) atoms. The molecule has 2 aromatic carbocycles. The van der Waals surface area contributed by atoms with Crippen LogP contribution in [0.15, 0.2) is 42.5 Å². The van der Waals surface area contributed by atoms with Gasteiger partial charge in [-0.25, -0.2) is 4.79 Å². The van der Waals surface area contributed by atoms with Gasteiger partial charge in [0, 0.05) is 0 Å². The second-order valence-corrected chi connectivity index (χ2v) is 5.63. The van der Waals surface area contributed by atoms with Gasteiger partial charge < -0.3 is 10.4 Å². The van der Waals surface area contributed by atoms with Gasteiger partial charge in [0.15, 0.2) is 0 Å². The third-order valence-electron chi connectivity index (χ3n) is 3.92. The maximum Gasteiger partial charge on any atom is 0.335 e. The third kappa shape index (κ3) is 2.57. The molecule has 0 spiro atoms. The molecule has 4 nitrogen and oxygen atoms in total. The lowest BCUT2D eigenvalue weighted by atomic mass is 10.0. The number of hydrogen-bond acceptors (Lipinski definition) is 2. The SMILES string of the molecule is O=C(N[C@@H]1CCc2c(C(=O)O)cccc21)c1ccccc1Cl. The summed E-state index contributed by atoms with van der Waals surface area (Å²) in [6.07, 6.45) is 1.33. The topological polar surface area (TPSA) is 66.4 Å². The second-order valence-electron chi connectivity index (χ2n) is 5.22. The molecule has 1 aliphatic rings. The Morgan fingerprint density at radius 1 is 1.09 bits per heavy atom. The van der Waals surface area contributed by atoms with E-state index in [1.54, 1.807) is 36.4 Å². The average molecular weight is 316 g/mol.